The minimum Gasteiger partial charge on any atom is -0.353 e. The fraction of sp³-hybridized carbons (Fsp3) is 0.588. The monoisotopic (exact) mass is 308 g/mol. The summed E-state index contributed by atoms with van der Waals surface area (Å²) in [6, 6.07) is 9.09. The van der Waals surface area contributed by atoms with Crippen LogP contribution in [0.1, 0.15) is 43.2 Å². The molecule has 0 radical (unpaired) electrons. The van der Waals surface area contributed by atoms with Crippen molar-refractivity contribution in [2.24, 2.45) is 11.7 Å². The first-order chi connectivity index (χ1) is 9.72. The van der Waals surface area contributed by atoms with Crippen LogP contribution in [0.25, 0.3) is 0 Å². The third kappa shape index (κ3) is 3.98. The van der Waals surface area contributed by atoms with Crippen LogP contribution in [-0.2, 0) is 17.6 Å². The van der Waals surface area contributed by atoms with Crippen molar-refractivity contribution in [2.45, 2.75) is 57.0 Å². The van der Waals surface area contributed by atoms with E-state index in [9.17, 15) is 4.79 Å². The lowest BCUT2D eigenvalue weighted by atomic mass is 9.84. The van der Waals surface area contributed by atoms with Gasteiger partial charge in [-0.25, -0.2) is 0 Å². The standard InChI is InChI=1S/C17H24N2O.ClH/c18-15-7-3-6-14(10-15)17(20)19-16-9-8-12-4-1-2-5-13(12)11-16;/h1-2,4-5,14-16H,3,6-11,18H2,(H,19,20);1H. The van der Waals surface area contributed by atoms with Gasteiger partial charge in [-0.2, -0.15) is 0 Å². The topological polar surface area (TPSA) is 55.1 Å². The van der Waals surface area contributed by atoms with Crippen LogP contribution in [0.2, 0.25) is 0 Å². The number of amides is 1. The number of carbonyl (C=O) groups excluding carboxylic acids is 1. The zero-order chi connectivity index (χ0) is 13.9. The van der Waals surface area contributed by atoms with Crippen molar-refractivity contribution in [3.8, 4) is 0 Å². The van der Waals surface area contributed by atoms with Crippen LogP contribution in [0.5, 0.6) is 0 Å². The van der Waals surface area contributed by atoms with Crippen LogP contribution in [0.4, 0.5) is 0 Å². The quantitative estimate of drug-likeness (QED) is 0.882. The number of carbonyl (C=O) groups is 1. The maximum Gasteiger partial charge on any atom is 0.223 e. The molecule has 1 aromatic carbocycles. The highest BCUT2D eigenvalue weighted by Crippen LogP contribution is 2.25. The Balaban J connectivity index is 0.00000161. The molecule has 3 rings (SSSR count). The highest BCUT2D eigenvalue weighted by atomic mass is 35.5. The number of rotatable bonds is 2. The first-order valence-corrected chi connectivity index (χ1v) is 7.85. The molecule has 3 atom stereocenters. The average Bonchev–Trinajstić information content (AvgIpc) is 2.47. The first kappa shape index (κ1) is 16.3. The van der Waals surface area contributed by atoms with E-state index in [4.69, 9.17) is 5.73 Å². The lowest BCUT2D eigenvalue weighted by molar-refractivity contribution is -0.126. The Hall–Kier alpha value is -1.06. The van der Waals surface area contributed by atoms with Gasteiger partial charge in [0, 0.05) is 18.0 Å². The summed E-state index contributed by atoms with van der Waals surface area (Å²) in [6.07, 6.45) is 7.12. The smallest absolute Gasteiger partial charge is 0.223 e. The van der Waals surface area contributed by atoms with Crippen LogP contribution < -0.4 is 11.1 Å². The molecule has 3 N–H and O–H groups in total. The summed E-state index contributed by atoms with van der Waals surface area (Å²) in [5.41, 5.74) is 8.81. The Morgan fingerprint density at radius 1 is 1.14 bits per heavy atom. The summed E-state index contributed by atoms with van der Waals surface area (Å²) in [7, 11) is 0. The van der Waals surface area contributed by atoms with E-state index in [0.717, 1.165) is 44.9 Å². The Kier molecular flexibility index (Phi) is 5.65. The highest BCUT2D eigenvalue weighted by molar-refractivity contribution is 5.85. The Labute approximate surface area is 133 Å². The number of fused-ring (bicyclic) bond motifs is 1. The second-order valence-corrected chi connectivity index (χ2v) is 6.34. The highest BCUT2D eigenvalue weighted by Gasteiger charge is 2.27. The van der Waals surface area contributed by atoms with Gasteiger partial charge in [-0.1, -0.05) is 30.7 Å². The van der Waals surface area contributed by atoms with E-state index >= 15 is 0 Å². The number of benzene rings is 1. The van der Waals surface area contributed by atoms with Crippen molar-refractivity contribution >= 4 is 18.3 Å². The normalized spacial score (nSPS) is 28.1. The number of hydrogen-bond donors (Lipinski definition) is 2. The molecule has 0 aliphatic heterocycles. The largest absolute Gasteiger partial charge is 0.353 e. The van der Waals surface area contributed by atoms with Crippen molar-refractivity contribution in [3.63, 3.8) is 0 Å². The summed E-state index contributed by atoms with van der Waals surface area (Å²) in [6.45, 7) is 0. The summed E-state index contributed by atoms with van der Waals surface area (Å²) in [5, 5.41) is 3.26. The van der Waals surface area contributed by atoms with Gasteiger partial charge >= 0.3 is 0 Å². The molecule has 4 heteroatoms. The molecular weight excluding hydrogens is 284 g/mol. The molecule has 116 valence electrons. The second kappa shape index (κ2) is 7.28. The molecule has 1 fully saturated rings. The van der Waals surface area contributed by atoms with Gasteiger partial charge in [-0.3, -0.25) is 4.79 Å². The Morgan fingerprint density at radius 3 is 2.67 bits per heavy atom. The molecule has 1 aromatic rings. The summed E-state index contributed by atoms with van der Waals surface area (Å²) < 4.78 is 0. The molecule has 2 aliphatic carbocycles. The molecule has 0 aromatic heterocycles. The van der Waals surface area contributed by atoms with Gasteiger partial charge in [0.2, 0.25) is 5.91 Å². The maximum atomic E-state index is 12.4. The van der Waals surface area contributed by atoms with Gasteiger partial charge in [0.25, 0.3) is 0 Å². The van der Waals surface area contributed by atoms with Gasteiger partial charge in [0.05, 0.1) is 0 Å². The van der Waals surface area contributed by atoms with Crippen LogP contribution >= 0.6 is 12.4 Å². The number of nitrogens with two attached hydrogens (primary N) is 1. The lowest BCUT2D eigenvalue weighted by Gasteiger charge is -2.30. The number of nitrogens with one attached hydrogen (secondary N) is 1. The summed E-state index contributed by atoms with van der Waals surface area (Å²) in [4.78, 5) is 12.4. The zero-order valence-corrected chi connectivity index (χ0v) is 13.2. The molecule has 1 amide bonds. The van der Waals surface area contributed by atoms with Gasteiger partial charge in [0.15, 0.2) is 0 Å². The van der Waals surface area contributed by atoms with E-state index in [0.29, 0.717) is 6.04 Å². The lowest BCUT2D eigenvalue weighted by Crippen LogP contribution is -2.44. The van der Waals surface area contributed by atoms with Crippen LogP contribution in [0, 0.1) is 5.92 Å². The van der Waals surface area contributed by atoms with Crippen LogP contribution in [0.3, 0.4) is 0 Å². The Morgan fingerprint density at radius 2 is 1.90 bits per heavy atom. The third-order valence-corrected chi connectivity index (χ3v) is 4.78. The molecule has 21 heavy (non-hydrogen) atoms. The molecular formula is C17H25ClN2O. The molecule has 2 aliphatic rings. The Bertz CT molecular complexity index is 491. The van der Waals surface area contributed by atoms with Crippen molar-refractivity contribution in [2.75, 3.05) is 0 Å². The fourth-order valence-corrected chi connectivity index (χ4v) is 3.61. The number of aryl methyl sites for hydroxylation is 1. The predicted octanol–water partition coefficient (Wildman–Crippen LogP) is 2.60. The van der Waals surface area contributed by atoms with Gasteiger partial charge in [0.1, 0.15) is 0 Å². The van der Waals surface area contributed by atoms with Crippen molar-refractivity contribution in [3.05, 3.63) is 35.4 Å². The van der Waals surface area contributed by atoms with Crippen LogP contribution in [0.15, 0.2) is 24.3 Å². The molecule has 1 saturated carbocycles. The van der Waals surface area contributed by atoms with Crippen LogP contribution in [-0.4, -0.2) is 18.0 Å². The minimum atomic E-state index is 0. The molecule has 0 spiro atoms. The van der Waals surface area contributed by atoms with Crippen molar-refractivity contribution < 1.29 is 4.79 Å². The fourth-order valence-electron chi connectivity index (χ4n) is 3.61. The minimum absolute atomic E-state index is 0. The summed E-state index contributed by atoms with van der Waals surface area (Å²) in [5.74, 6) is 0.362. The number of halogens is 1. The van der Waals surface area contributed by atoms with Gasteiger partial charge in [-0.05, 0) is 49.7 Å². The second-order valence-electron chi connectivity index (χ2n) is 6.34. The van der Waals surface area contributed by atoms with E-state index in [1.807, 2.05) is 0 Å². The van der Waals surface area contributed by atoms with E-state index in [1.165, 1.54) is 11.1 Å². The molecule has 3 nitrogen and oxygen atoms in total. The zero-order valence-electron chi connectivity index (χ0n) is 12.4. The van der Waals surface area contributed by atoms with Crippen molar-refractivity contribution in [1.29, 1.82) is 0 Å². The van der Waals surface area contributed by atoms with E-state index in [2.05, 4.69) is 29.6 Å². The number of hydrogen-bond acceptors (Lipinski definition) is 2. The molecule has 0 heterocycles. The van der Waals surface area contributed by atoms with Crippen molar-refractivity contribution in [1.82, 2.24) is 5.32 Å². The maximum absolute atomic E-state index is 12.4. The summed E-state index contributed by atoms with van der Waals surface area (Å²) >= 11 is 0. The third-order valence-electron chi connectivity index (χ3n) is 4.78. The molecule has 0 bridgehead atoms. The van der Waals surface area contributed by atoms with E-state index in [1.54, 1.807) is 0 Å². The average molecular weight is 309 g/mol. The van der Waals surface area contributed by atoms with E-state index in [-0.39, 0.29) is 30.3 Å². The molecule has 3 unspecified atom stereocenters. The first-order valence-electron chi connectivity index (χ1n) is 7.85. The van der Waals surface area contributed by atoms with E-state index < -0.39 is 0 Å². The predicted molar refractivity (Wildman–Crippen MR) is 87.6 cm³/mol. The molecule has 0 saturated heterocycles. The SMILES string of the molecule is Cl.NC1CCCC(C(=O)NC2CCc3ccccc3C2)C1. The van der Waals surface area contributed by atoms with Gasteiger partial charge < -0.3 is 11.1 Å². The van der Waals surface area contributed by atoms with Gasteiger partial charge in [-0.15, -0.1) is 12.4 Å².